The Morgan fingerprint density at radius 1 is 1.07 bits per heavy atom. The van der Waals surface area contributed by atoms with E-state index in [0.717, 1.165) is 5.92 Å². The molecule has 0 N–H and O–H groups in total. The summed E-state index contributed by atoms with van der Waals surface area (Å²) >= 11 is 0. The minimum absolute atomic E-state index is 0.526. The minimum Gasteiger partial charge on any atom is -0.0847 e. The van der Waals surface area contributed by atoms with Gasteiger partial charge in [-0.05, 0) is 61.2 Å². The maximum Gasteiger partial charge on any atom is -0.00290 e. The fourth-order valence-electron chi connectivity index (χ4n) is 5.14. The highest BCUT2D eigenvalue weighted by molar-refractivity contribution is 5.30. The van der Waals surface area contributed by atoms with E-state index in [1.165, 1.54) is 32.1 Å². The van der Waals surface area contributed by atoms with Crippen LogP contribution >= 0.6 is 0 Å². The van der Waals surface area contributed by atoms with Gasteiger partial charge < -0.3 is 0 Å². The summed E-state index contributed by atoms with van der Waals surface area (Å²) in [7, 11) is 0. The predicted octanol–water partition coefficient (Wildman–Crippen LogP) is 4.56. The van der Waals surface area contributed by atoms with Gasteiger partial charge >= 0.3 is 0 Å². The number of rotatable bonds is 0. The lowest BCUT2D eigenvalue weighted by atomic mass is 9.39. The van der Waals surface area contributed by atoms with Gasteiger partial charge in [0.25, 0.3) is 0 Å². The fraction of sp³-hybridized carbons (Fsp3) is 0.867. The van der Waals surface area contributed by atoms with Gasteiger partial charge in [-0.25, -0.2) is 0 Å². The lowest BCUT2D eigenvalue weighted by molar-refractivity contribution is -0.136. The number of allylic oxidation sites excluding steroid dienone is 2. The molecule has 0 heteroatoms. The standard InChI is InChI=1S/C15H24/c1-11-5-6-12-13(2)7-9-14(3,10-8-13)15(11,12)4/h5,12H,6-10H2,1-4H3. The summed E-state index contributed by atoms with van der Waals surface area (Å²) in [5, 5.41) is 0. The molecule has 0 radical (unpaired) electrons. The molecule has 0 aromatic heterocycles. The highest BCUT2D eigenvalue weighted by Gasteiger charge is 2.64. The fourth-order valence-corrected chi connectivity index (χ4v) is 5.14. The highest BCUT2D eigenvalue weighted by Crippen LogP contribution is 2.73. The quantitative estimate of drug-likeness (QED) is 0.507. The molecule has 0 nitrogen and oxygen atoms in total. The molecule has 0 saturated heterocycles. The first kappa shape index (κ1) is 9.93. The number of hydrogen-bond donors (Lipinski definition) is 0. The molecule has 2 bridgehead atoms. The molecule has 4 rings (SSSR count). The topological polar surface area (TPSA) is 0 Å². The van der Waals surface area contributed by atoms with Gasteiger partial charge in [0, 0.05) is 0 Å². The van der Waals surface area contributed by atoms with Crippen LogP contribution in [0.3, 0.4) is 0 Å². The highest BCUT2D eigenvalue weighted by atomic mass is 14.7. The van der Waals surface area contributed by atoms with Crippen molar-refractivity contribution in [3.8, 4) is 0 Å². The van der Waals surface area contributed by atoms with Crippen molar-refractivity contribution in [3.05, 3.63) is 11.6 Å². The van der Waals surface area contributed by atoms with Crippen LogP contribution in [0.15, 0.2) is 11.6 Å². The van der Waals surface area contributed by atoms with Crippen molar-refractivity contribution >= 4 is 0 Å². The van der Waals surface area contributed by atoms with E-state index < -0.39 is 0 Å². The SMILES string of the molecule is CC1=CCC2C3(C)CCC(C)(CC3)C12C. The van der Waals surface area contributed by atoms with Crippen molar-refractivity contribution in [3.63, 3.8) is 0 Å². The van der Waals surface area contributed by atoms with E-state index in [4.69, 9.17) is 0 Å². The molecule has 0 aromatic rings. The van der Waals surface area contributed by atoms with Crippen LogP contribution in [0, 0.1) is 22.2 Å². The maximum atomic E-state index is 2.56. The minimum atomic E-state index is 0.526. The van der Waals surface area contributed by atoms with Gasteiger partial charge in [-0.2, -0.15) is 0 Å². The molecule has 2 unspecified atom stereocenters. The number of fused-ring (bicyclic) bond motifs is 2. The van der Waals surface area contributed by atoms with E-state index in [0.29, 0.717) is 16.2 Å². The molecule has 0 amide bonds. The second-order valence-corrected chi connectivity index (χ2v) is 7.09. The molecule has 4 aliphatic rings. The Bertz CT molecular complexity index is 328. The summed E-state index contributed by atoms with van der Waals surface area (Å²) in [5.41, 5.74) is 3.48. The Kier molecular flexibility index (Phi) is 1.67. The van der Waals surface area contributed by atoms with Gasteiger partial charge in [-0.15, -0.1) is 0 Å². The average Bonchev–Trinajstić information content (AvgIpc) is 2.51. The largest absolute Gasteiger partial charge is 0.0847 e. The van der Waals surface area contributed by atoms with Gasteiger partial charge in [-0.3, -0.25) is 0 Å². The van der Waals surface area contributed by atoms with Crippen molar-refractivity contribution < 1.29 is 0 Å². The maximum absolute atomic E-state index is 2.56. The van der Waals surface area contributed by atoms with Crippen molar-refractivity contribution in [2.45, 2.75) is 59.8 Å². The molecule has 4 aliphatic carbocycles. The Hall–Kier alpha value is -0.260. The molecule has 0 aliphatic heterocycles. The lowest BCUT2D eigenvalue weighted by Gasteiger charge is -2.65. The van der Waals surface area contributed by atoms with Crippen molar-refractivity contribution in [2.24, 2.45) is 22.2 Å². The van der Waals surface area contributed by atoms with E-state index in [2.05, 4.69) is 33.8 Å². The summed E-state index contributed by atoms with van der Waals surface area (Å²) in [6.07, 6.45) is 9.77. The second-order valence-electron chi connectivity index (χ2n) is 7.09. The Balaban J connectivity index is 2.15. The van der Waals surface area contributed by atoms with E-state index in [-0.39, 0.29) is 0 Å². The van der Waals surface area contributed by atoms with E-state index in [9.17, 15) is 0 Å². The summed E-state index contributed by atoms with van der Waals surface area (Å²) in [4.78, 5) is 0. The second kappa shape index (κ2) is 2.52. The normalized spacial score (nSPS) is 57.9. The van der Waals surface area contributed by atoms with Crippen molar-refractivity contribution in [2.75, 3.05) is 0 Å². The summed E-state index contributed by atoms with van der Waals surface area (Å²) in [6, 6.07) is 0. The summed E-state index contributed by atoms with van der Waals surface area (Å²) in [6.45, 7) is 10.1. The number of hydrogen-bond acceptors (Lipinski definition) is 0. The van der Waals surface area contributed by atoms with Crippen LogP contribution in [0.25, 0.3) is 0 Å². The third-order valence-corrected chi connectivity index (χ3v) is 6.77. The van der Waals surface area contributed by atoms with Crippen LogP contribution in [0.5, 0.6) is 0 Å². The molecule has 0 heterocycles. The molecule has 84 valence electrons. The molecular formula is C15H24. The third kappa shape index (κ3) is 0.905. The van der Waals surface area contributed by atoms with Crippen LogP contribution in [-0.2, 0) is 0 Å². The van der Waals surface area contributed by atoms with Crippen LogP contribution in [-0.4, -0.2) is 0 Å². The van der Waals surface area contributed by atoms with Gasteiger partial charge in [0.1, 0.15) is 0 Å². The van der Waals surface area contributed by atoms with Gasteiger partial charge in [0.15, 0.2) is 0 Å². The van der Waals surface area contributed by atoms with E-state index in [1.807, 2.05) is 0 Å². The zero-order chi connectivity index (χ0) is 10.9. The monoisotopic (exact) mass is 204 g/mol. The zero-order valence-corrected chi connectivity index (χ0v) is 10.7. The van der Waals surface area contributed by atoms with Gasteiger partial charge in [-0.1, -0.05) is 32.4 Å². The van der Waals surface area contributed by atoms with Crippen LogP contribution in [0.1, 0.15) is 59.8 Å². The van der Waals surface area contributed by atoms with Crippen LogP contribution < -0.4 is 0 Å². The first-order valence-electron chi connectivity index (χ1n) is 6.60. The van der Waals surface area contributed by atoms with E-state index >= 15 is 0 Å². The van der Waals surface area contributed by atoms with Gasteiger partial charge in [0.05, 0.1) is 0 Å². The summed E-state index contributed by atoms with van der Waals surface area (Å²) in [5.74, 6) is 0.942. The van der Waals surface area contributed by atoms with Gasteiger partial charge in [0.2, 0.25) is 0 Å². The first-order valence-corrected chi connectivity index (χ1v) is 6.60. The molecular weight excluding hydrogens is 180 g/mol. The molecule has 0 spiro atoms. The molecule has 3 saturated carbocycles. The Morgan fingerprint density at radius 2 is 1.67 bits per heavy atom. The molecule has 3 fully saturated rings. The van der Waals surface area contributed by atoms with E-state index in [1.54, 1.807) is 5.57 Å². The first-order chi connectivity index (χ1) is 6.92. The lowest BCUT2D eigenvalue weighted by Crippen LogP contribution is -2.57. The molecule has 2 atom stereocenters. The van der Waals surface area contributed by atoms with Crippen molar-refractivity contribution in [1.82, 2.24) is 0 Å². The third-order valence-electron chi connectivity index (χ3n) is 6.77. The Labute approximate surface area is 94.1 Å². The average molecular weight is 204 g/mol. The smallest absolute Gasteiger partial charge is 0.00290 e. The zero-order valence-electron chi connectivity index (χ0n) is 10.7. The van der Waals surface area contributed by atoms with Crippen LogP contribution in [0.2, 0.25) is 0 Å². The van der Waals surface area contributed by atoms with Crippen LogP contribution in [0.4, 0.5) is 0 Å². The Morgan fingerprint density at radius 3 is 2.20 bits per heavy atom. The summed E-state index contributed by atoms with van der Waals surface area (Å²) < 4.78 is 0. The molecule has 0 aromatic carbocycles. The molecule has 15 heavy (non-hydrogen) atoms. The van der Waals surface area contributed by atoms with Crippen molar-refractivity contribution in [1.29, 1.82) is 0 Å². The predicted molar refractivity (Wildman–Crippen MR) is 64.7 cm³/mol.